The van der Waals surface area contributed by atoms with Crippen LogP contribution in [0.2, 0.25) is 0 Å². The van der Waals surface area contributed by atoms with E-state index >= 15 is 0 Å². The fraction of sp³-hybridized carbons (Fsp3) is 0.211. The van der Waals surface area contributed by atoms with Gasteiger partial charge in [-0.15, -0.1) is 0 Å². The summed E-state index contributed by atoms with van der Waals surface area (Å²) < 4.78 is 6.99. The summed E-state index contributed by atoms with van der Waals surface area (Å²) in [5, 5.41) is 19.2. The summed E-state index contributed by atoms with van der Waals surface area (Å²) in [5.41, 5.74) is 3.05. The molecule has 1 aromatic carbocycles. The van der Waals surface area contributed by atoms with Gasteiger partial charge in [0.15, 0.2) is 11.8 Å². The van der Waals surface area contributed by atoms with Crippen LogP contribution in [-0.4, -0.2) is 40.5 Å². The molecule has 3 aromatic rings. The topological polar surface area (TPSA) is 70.8 Å². The van der Waals surface area contributed by atoms with Crippen molar-refractivity contribution in [3.63, 3.8) is 0 Å². The highest BCUT2D eigenvalue weighted by Crippen LogP contribution is 2.23. The highest BCUT2D eigenvalue weighted by molar-refractivity contribution is 5.63. The number of anilines is 1. The van der Waals surface area contributed by atoms with E-state index in [9.17, 15) is 10.2 Å². The van der Waals surface area contributed by atoms with E-state index in [1.165, 1.54) is 16.7 Å². The third-order valence-corrected chi connectivity index (χ3v) is 3.93. The lowest BCUT2D eigenvalue weighted by Crippen LogP contribution is -2.08. The lowest BCUT2D eigenvalue weighted by atomic mass is 10.1. The number of aromatic nitrogens is 2. The van der Waals surface area contributed by atoms with Crippen molar-refractivity contribution in [3.8, 4) is 28.8 Å². The average Bonchev–Trinajstić information content (AvgIpc) is 2.94. The monoisotopic (exact) mass is 339 g/mol. The lowest BCUT2D eigenvalue weighted by Gasteiger charge is -2.12. The molecule has 0 aliphatic heterocycles. The Bertz CT molecular complexity index is 805. The molecule has 0 saturated heterocycles. The van der Waals surface area contributed by atoms with Gasteiger partial charge in [0.25, 0.3) is 0 Å². The van der Waals surface area contributed by atoms with E-state index in [0.29, 0.717) is 18.9 Å². The first-order valence-corrected chi connectivity index (χ1v) is 7.98. The van der Waals surface area contributed by atoms with E-state index in [-0.39, 0.29) is 11.8 Å². The molecule has 2 heterocycles. The Labute approximate surface area is 146 Å². The van der Waals surface area contributed by atoms with Gasteiger partial charge < -0.3 is 19.8 Å². The molecule has 0 aliphatic carbocycles. The molecule has 2 N–H and O–H groups in total. The molecule has 130 valence electrons. The van der Waals surface area contributed by atoms with Gasteiger partial charge in [0, 0.05) is 37.5 Å². The first-order valence-electron chi connectivity index (χ1n) is 7.98. The molecule has 0 amide bonds. The quantitative estimate of drug-likeness (QED) is 0.722. The van der Waals surface area contributed by atoms with Gasteiger partial charge in [-0.25, -0.2) is 0 Å². The van der Waals surface area contributed by atoms with Gasteiger partial charge >= 0.3 is 0 Å². The maximum atomic E-state index is 9.58. The van der Waals surface area contributed by atoms with Crippen molar-refractivity contribution >= 4 is 5.69 Å². The van der Waals surface area contributed by atoms with Crippen molar-refractivity contribution in [2.75, 3.05) is 25.6 Å². The molecule has 0 atom stereocenters. The molecule has 0 unspecified atom stereocenters. The third kappa shape index (κ3) is 3.85. The minimum absolute atomic E-state index is 0.00995. The fourth-order valence-corrected chi connectivity index (χ4v) is 2.50. The number of aromatic hydroxyl groups is 2. The maximum Gasteiger partial charge on any atom is 0.193 e. The summed E-state index contributed by atoms with van der Waals surface area (Å²) in [7, 11) is 4.01. The van der Waals surface area contributed by atoms with Crippen LogP contribution in [0, 0.1) is 0 Å². The van der Waals surface area contributed by atoms with Gasteiger partial charge in [-0.2, -0.15) is 0 Å². The molecule has 0 fully saturated rings. The van der Waals surface area contributed by atoms with Crippen molar-refractivity contribution in [3.05, 3.63) is 54.7 Å². The summed E-state index contributed by atoms with van der Waals surface area (Å²) in [5.74, 6) is 0.659. The molecular formula is C19H21N3O3. The Hall–Kier alpha value is -3.15. The maximum absolute atomic E-state index is 9.58. The first kappa shape index (κ1) is 16.7. The molecule has 25 heavy (non-hydrogen) atoms. The molecule has 6 heteroatoms. The number of hydrogen-bond donors (Lipinski definition) is 2. The van der Waals surface area contributed by atoms with E-state index < -0.39 is 0 Å². The predicted molar refractivity (Wildman–Crippen MR) is 97.3 cm³/mol. The Morgan fingerprint density at radius 2 is 1.64 bits per heavy atom. The van der Waals surface area contributed by atoms with Crippen LogP contribution in [0.4, 0.5) is 5.69 Å². The second-order valence-electron chi connectivity index (χ2n) is 5.87. The van der Waals surface area contributed by atoms with Crippen LogP contribution in [-0.2, 0) is 6.54 Å². The Balaban J connectivity index is 1.60. The van der Waals surface area contributed by atoms with Crippen LogP contribution in [0.5, 0.6) is 17.5 Å². The Morgan fingerprint density at radius 3 is 2.20 bits per heavy atom. The zero-order chi connectivity index (χ0) is 17.8. The molecule has 6 nitrogen and oxygen atoms in total. The molecule has 3 rings (SSSR count). The van der Waals surface area contributed by atoms with Gasteiger partial charge in [0.05, 0.1) is 18.4 Å². The molecule has 0 spiro atoms. The van der Waals surface area contributed by atoms with Crippen LogP contribution >= 0.6 is 0 Å². The molecule has 0 aliphatic rings. The summed E-state index contributed by atoms with van der Waals surface area (Å²) in [4.78, 5) is 6.48. The Morgan fingerprint density at radius 1 is 0.960 bits per heavy atom. The SMILES string of the molecule is CN(C)c1ccc(-c2ccc(OCCn3c(O)ccc3O)cn2)cc1. The van der Waals surface area contributed by atoms with Crippen molar-refractivity contribution in [1.29, 1.82) is 0 Å². The number of ether oxygens (including phenoxy) is 1. The van der Waals surface area contributed by atoms with Gasteiger partial charge in [-0.3, -0.25) is 9.55 Å². The fourth-order valence-electron chi connectivity index (χ4n) is 2.50. The van der Waals surface area contributed by atoms with Gasteiger partial charge in [-0.1, -0.05) is 12.1 Å². The van der Waals surface area contributed by atoms with E-state index in [1.54, 1.807) is 6.20 Å². The van der Waals surface area contributed by atoms with Gasteiger partial charge in [-0.05, 0) is 24.3 Å². The highest BCUT2D eigenvalue weighted by atomic mass is 16.5. The van der Waals surface area contributed by atoms with Crippen LogP contribution < -0.4 is 9.64 Å². The van der Waals surface area contributed by atoms with Crippen molar-refractivity contribution in [2.24, 2.45) is 0 Å². The minimum Gasteiger partial charge on any atom is -0.494 e. The van der Waals surface area contributed by atoms with E-state index in [1.807, 2.05) is 38.4 Å². The van der Waals surface area contributed by atoms with E-state index in [0.717, 1.165) is 16.9 Å². The van der Waals surface area contributed by atoms with Crippen molar-refractivity contribution in [2.45, 2.75) is 6.54 Å². The Kier molecular flexibility index (Phi) is 4.79. The number of rotatable bonds is 6. The summed E-state index contributed by atoms with van der Waals surface area (Å²) in [6, 6.07) is 14.8. The summed E-state index contributed by atoms with van der Waals surface area (Å²) in [6.45, 7) is 0.659. The zero-order valence-corrected chi connectivity index (χ0v) is 14.3. The largest absolute Gasteiger partial charge is 0.494 e. The van der Waals surface area contributed by atoms with Crippen LogP contribution in [0.15, 0.2) is 54.7 Å². The predicted octanol–water partition coefficient (Wildman–Crippen LogP) is 3.11. The molecular weight excluding hydrogens is 318 g/mol. The molecule has 0 bridgehead atoms. The van der Waals surface area contributed by atoms with E-state index in [2.05, 4.69) is 22.0 Å². The van der Waals surface area contributed by atoms with Crippen molar-refractivity contribution in [1.82, 2.24) is 9.55 Å². The van der Waals surface area contributed by atoms with E-state index in [4.69, 9.17) is 4.74 Å². The van der Waals surface area contributed by atoms with Crippen LogP contribution in [0.3, 0.4) is 0 Å². The number of benzene rings is 1. The number of pyridine rings is 1. The van der Waals surface area contributed by atoms with Gasteiger partial charge in [0.1, 0.15) is 12.4 Å². The smallest absolute Gasteiger partial charge is 0.193 e. The summed E-state index contributed by atoms with van der Waals surface area (Å²) >= 11 is 0. The third-order valence-electron chi connectivity index (χ3n) is 3.93. The normalized spacial score (nSPS) is 10.6. The molecule has 0 radical (unpaired) electrons. The van der Waals surface area contributed by atoms with Crippen LogP contribution in [0.1, 0.15) is 0 Å². The second kappa shape index (κ2) is 7.17. The molecule has 0 saturated carbocycles. The average molecular weight is 339 g/mol. The first-order chi connectivity index (χ1) is 12.0. The standard InChI is InChI=1S/C19H21N3O3/c1-21(2)15-5-3-14(4-6-15)17-8-7-16(13-20-17)25-12-11-22-18(23)9-10-19(22)24/h3-10,13,23-24H,11-12H2,1-2H3. The number of hydrogen-bond acceptors (Lipinski definition) is 5. The number of nitrogens with zero attached hydrogens (tertiary/aromatic N) is 3. The lowest BCUT2D eigenvalue weighted by molar-refractivity contribution is 0.274. The summed E-state index contributed by atoms with van der Waals surface area (Å²) in [6.07, 6.45) is 1.67. The van der Waals surface area contributed by atoms with Crippen LogP contribution in [0.25, 0.3) is 11.3 Å². The zero-order valence-electron chi connectivity index (χ0n) is 14.3. The van der Waals surface area contributed by atoms with Crippen molar-refractivity contribution < 1.29 is 14.9 Å². The highest BCUT2D eigenvalue weighted by Gasteiger charge is 2.06. The molecule has 2 aromatic heterocycles. The van der Waals surface area contributed by atoms with Gasteiger partial charge in [0.2, 0.25) is 0 Å². The second-order valence-corrected chi connectivity index (χ2v) is 5.87. The minimum atomic E-state index is 0.00995.